The van der Waals surface area contributed by atoms with Crippen molar-refractivity contribution in [1.29, 1.82) is 0 Å². The number of aromatic nitrogens is 1. The summed E-state index contributed by atoms with van der Waals surface area (Å²) in [4.78, 5) is 5.73. The monoisotopic (exact) mass is 352 g/mol. The molecule has 1 aliphatic rings. The van der Waals surface area contributed by atoms with Crippen molar-refractivity contribution in [1.82, 2.24) is 4.98 Å². The molecule has 0 saturated carbocycles. The molecular formula is C18H19F3N2O2. The largest absolute Gasteiger partial charge is 0.497 e. The second-order valence-corrected chi connectivity index (χ2v) is 5.84. The summed E-state index contributed by atoms with van der Waals surface area (Å²) >= 11 is 0. The van der Waals surface area contributed by atoms with E-state index in [1.165, 1.54) is 6.07 Å². The summed E-state index contributed by atoms with van der Waals surface area (Å²) < 4.78 is 49.5. The van der Waals surface area contributed by atoms with E-state index in [2.05, 4.69) is 4.98 Å². The summed E-state index contributed by atoms with van der Waals surface area (Å²) in [6.07, 6.45) is -2.76. The molecule has 3 rings (SSSR count). The van der Waals surface area contributed by atoms with Gasteiger partial charge in [0.15, 0.2) is 0 Å². The Balaban J connectivity index is 1.96. The van der Waals surface area contributed by atoms with Crippen molar-refractivity contribution in [2.45, 2.75) is 25.1 Å². The van der Waals surface area contributed by atoms with Crippen LogP contribution in [-0.2, 0) is 6.18 Å². The van der Waals surface area contributed by atoms with Gasteiger partial charge in [-0.05, 0) is 37.1 Å². The summed E-state index contributed by atoms with van der Waals surface area (Å²) in [7, 11) is 3.14. The molecule has 0 spiro atoms. The van der Waals surface area contributed by atoms with Crippen molar-refractivity contribution in [3.8, 4) is 11.5 Å². The Kier molecular flexibility index (Phi) is 4.74. The molecule has 1 aliphatic heterocycles. The predicted molar refractivity (Wildman–Crippen MR) is 88.1 cm³/mol. The number of pyridine rings is 1. The zero-order chi connectivity index (χ0) is 18.0. The number of anilines is 1. The van der Waals surface area contributed by atoms with Gasteiger partial charge in [-0.2, -0.15) is 13.2 Å². The van der Waals surface area contributed by atoms with Gasteiger partial charge in [0.2, 0.25) is 0 Å². The molecule has 1 unspecified atom stereocenters. The fraction of sp³-hybridized carbons (Fsp3) is 0.389. The maximum Gasteiger partial charge on any atom is 0.433 e. The first-order chi connectivity index (χ1) is 11.9. The van der Waals surface area contributed by atoms with Gasteiger partial charge in [-0.25, -0.2) is 4.98 Å². The topological polar surface area (TPSA) is 34.6 Å². The van der Waals surface area contributed by atoms with Crippen molar-refractivity contribution in [3.05, 3.63) is 47.7 Å². The van der Waals surface area contributed by atoms with Crippen molar-refractivity contribution in [2.75, 3.05) is 25.7 Å². The van der Waals surface area contributed by atoms with E-state index in [4.69, 9.17) is 9.47 Å². The third kappa shape index (κ3) is 3.50. The van der Waals surface area contributed by atoms with E-state index in [-0.39, 0.29) is 6.04 Å². The van der Waals surface area contributed by atoms with Gasteiger partial charge in [-0.15, -0.1) is 0 Å². The third-order valence-corrected chi connectivity index (χ3v) is 4.37. The van der Waals surface area contributed by atoms with E-state index in [0.717, 1.165) is 24.5 Å². The summed E-state index contributed by atoms with van der Waals surface area (Å²) in [6, 6.07) is 9.42. The van der Waals surface area contributed by atoms with Gasteiger partial charge in [0.05, 0.1) is 20.3 Å². The number of methoxy groups -OCH3 is 2. The molecule has 0 radical (unpaired) electrons. The van der Waals surface area contributed by atoms with Crippen LogP contribution in [0.4, 0.5) is 19.0 Å². The van der Waals surface area contributed by atoms with Crippen LogP contribution in [0.25, 0.3) is 0 Å². The smallest absolute Gasteiger partial charge is 0.433 e. The molecule has 0 N–H and O–H groups in total. The highest BCUT2D eigenvalue weighted by Crippen LogP contribution is 2.41. The summed E-state index contributed by atoms with van der Waals surface area (Å²) in [6.45, 7) is 0.647. The molecule has 1 aromatic heterocycles. The van der Waals surface area contributed by atoms with Crippen LogP contribution in [0, 0.1) is 0 Å². The second kappa shape index (κ2) is 6.82. The number of hydrogen-bond acceptors (Lipinski definition) is 4. The van der Waals surface area contributed by atoms with Gasteiger partial charge in [0.25, 0.3) is 0 Å². The molecule has 0 amide bonds. The number of hydrogen-bond donors (Lipinski definition) is 0. The van der Waals surface area contributed by atoms with E-state index in [1.807, 2.05) is 17.0 Å². The Bertz CT molecular complexity index is 749. The van der Waals surface area contributed by atoms with E-state index in [1.54, 1.807) is 26.4 Å². The molecule has 0 aliphatic carbocycles. The fourth-order valence-electron chi connectivity index (χ4n) is 3.20. The normalized spacial score (nSPS) is 17.6. The quantitative estimate of drug-likeness (QED) is 0.814. The molecule has 0 bridgehead atoms. The number of rotatable bonds is 4. The first kappa shape index (κ1) is 17.4. The van der Waals surface area contributed by atoms with Gasteiger partial charge in [-0.1, -0.05) is 6.07 Å². The van der Waals surface area contributed by atoms with E-state index in [9.17, 15) is 13.2 Å². The SMILES string of the molecule is COc1ccc(C2CCCN2c2cccc(C(F)(F)F)n2)c(OC)c1. The van der Waals surface area contributed by atoms with Crippen LogP contribution >= 0.6 is 0 Å². The number of benzene rings is 1. The van der Waals surface area contributed by atoms with Gasteiger partial charge in [0.1, 0.15) is 23.0 Å². The Morgan fingerprint density at radius 2 is 1.92 bits per heavy atom. The molecule has 2 aromatic rings. The molecule has 1 saturated heterocycles. The van der Waals surface area contributed by atoms with E-state index >= 15 is 0 Å². The predicted octanol–water partition coefficient (Wildman–Crippen LogP) is 4.46. The highest BCUT2D eigenvalue weighted by Gasteiger charge is 2.35. The molecule has 4 nitrogen and oxygen atoms in total. The Hall–Kier alpha value is -2.44. The van der Waals surface area contributed by atoms with Crippen molar-refractivity contribution in [3.63, 3.8) is 0 Å². The average molecular weight is 352 g/mol. The van der Waals surface area contributed by atoms with Gasteiger partial charge in [0, 0.05) is 18.2 Å². The molecular weight excluding hydrogens is 333 g/mol. The lowest BCUT2D eigenvalue weighted by molar-refractivity contribution is -0.141. The minimum Gasteiger partial charge on any atom is -0.497 e. The molecule has 25 heavy (non-hydrogen) atoms. The standard InChI is InChI=1S/C18H19F3N2O2/c1-24-12-8-9-13(15(11-12)25-2)14-5-4-10-23(14)17-7-3-6-16(22-17)18(19,20)21/h3,6-9,11,14H,4-5,10H2,1-2H3. The third-order valence-electron chi connectivity index (χ3n) is 4.37. The maximum atomic E-state index is 13.0. The van der Waals surface area contributed by atoms with Crippen LogP contribution < -0.4 is 14.4 Å². The zero-order valence-corrected chi connectivity index (χ0v) is 14.0. The lowest BCUT2D eigenvalue weighted by Crippen LogP contribution is -2.25. The Labute approximate surface area is 144 Å². The van der Waals surface area contributed by atoms with E-state index < -0.39 is 11.9 Å². The average Bonchev–Trinajstić information content (AvgIpc) is 3.10. The fourth-order valence-corrected chi connectivity index (χ4v) is 3.20. The second-order valence-electron chi connectivity index (χ2n) is 5.84. The maximum absolute atomic E-state index is 13.0. The summed E-state index contributed by atoms with van der Waals surface area (Å²) in [5, 5.41) is 0. The lowest BCUT2D eigenvalue weighted by Gasteiger charge is -2.28. The highest BCUT2D eigenvalue weighted by molar-refractivity contribution is 5.50. The minimum atomic E-state index is -4.46. The van der Waals surface area contributed by atoms with Gasteiger partial charge >= 0.3 is 6.18 Å². The van der Waals surface area contributed by atoms with Crippen LogP contribution in [0.15, 0.2) is 36.4 Å². The van der Waals surface area contributed by atoms with E-state index in [0.29, 0.717) is 23.9 Å². The molecule has 7 heteroatoms. The molecule has 1 fully saturated rings. The van der Waals surface area contributed by atoms with Gasteiger partial charge in [-0.3, -0.25) is 0 Å². The van der Waals surface area contributed by atoms with Crippen molar-refractivity contribution >= 4 is 5.82 Å². The van der Waals surface area contributed by atoms with Crippen LogP contribution in [-0.4, -0.2) is 25.7 Å². The minimum absolute atomic E-state index is 0.0863. The van der Waals surface area contributed by atoms with Crippen molar-refractivity contribution < 1.29 is 22.6 Å². The lowest BCUT2D eigenvalue weighted by atomic mass is 10.0. The van der Waals surface area contributed by atoms with Crippen LogP contribution in [0.5, 0.6) is 11.5 Å². The zero-order valence-electron chi connectivity index (χ0n) is 14.0. The van der Waals surface area contributed by atoms with Gasteiger partial charge < -0.3 is 14.4 Å². The Morgan fingerprint density at radius 3 is 2.60 bits per heavy atom. The van der Waals surface area contributed by atoms with Crippen molar-refractivity contribution in [2.24, 2.45) is 0 Å². The van der Waals surface area contributed by atoms with Crippen LogP contribution in [0.2, 0.25) is 0 Å². The first-order valence-corrected chi connectivity index (χ1v) is 7.97. The van der Waals surface area contributed by atoms with Crippen LogP contribution in [0.3, 0.4) is 0 Å². The number of halogens is 3. The highest BCUT2D eigenvalue weighted by atomic mass is 19.4. The molecule has 2 heterocycles. The molecule has 134 valence electrons. The molecule has 1 aromatic carbocycles. The number of nitrogens with zero attached hydrogens (tertiary/aromatic N) is 2. The number of alkyl halides is 3. The Morgan fingerprint density at radius 1 is 1.12 bits per heavy atom. The first-order valence-electron chi connectivity index (χ1n) is 7.97. The summed E-state index contributed by atoms with van der Waals surface area (Å²) in [5.74, 6) is 1.65. The summed E-state index contributed by atoms with van der Waals surface area (Å²) in [5.41, 5.74) is 0.0392. The number of ether oxygens (including phenoxy) is 2. The molecule has 1 atom stereocenters. The van der Waals surface area contributed by atoms with Crippen LogP contribution in [0.1, 0.15) is 30.1 Å².